The number of H-pyrrole nitrogens is 2. The van der Waals surface area contributed by atoms with E-state index in [-0.39, 0.29) is 5.91 Å². The second-order valence-electron chi connectivity index (χ2n) is 5.19. The Balaban J connectivity index is 0.000000159. The van der Waals surface area contributed by atoms with Gasteiger partial charge in [0.2, 0.25) is 0 Å². The molecule has 7 heteroatoms. The highest BCUT2D eigenvalue weighted by Crippen LogP contribution is 2.05. The van der Waals surface area contributed by atoms with Crippen LogP contribution in [0.4, 0.5) is 0 Å². The van der Waals surface area contributed by atoms with E-state index in [0.717, 1.165) is 0 Å². The molecule has 3 aromatic heterocycles. The molecule has 1 amide bonds. The molecule has 3 aromatic rings. The average Bonchev–Trinajstić information content (AvgIpc) is 3.45. The summed E-state index contributed by atoms with van der Waals surface area (Å²) in [5.74, 6) is 0.00519. The van der Waals surface area contributed by atoms with Crippen LogP contribution in [0.2, 0.25) is 0 Å². The minimum absolute atomic E-state index is 0.00519. The predicted octanol–water partition coefficient (Wildman–Crippen LogP) is 4.02. The molecule has 4 heterocycles. The van der Waals surface area contributed by atoms with Gasteiger partial charge in [0.25, 0.3) is 11.1 Å². The summed E-state index contributed by atoms with van der Waals surface area (Å²) in [4.78, 5) is 32.9. The lowest BCUT2D eigenvalue weighted by Gasteiger charge is -2.17. The highest BCUT2D eigenvalue weighted by Gasteiger charge is 2.13. The van der Waals surface area contributed by atoms with Crippen molar-refractivity contribution in [2.24, 2.45) is 0 Å². The van der Waals surface area contributed by atoms with Crippen LogP contribution in [0.15, 0.2) is 91.7 Å². The van der Waals surface area contributed by atoms with Crippen LogP contribution in [0.1, 0.15) is 21.0 Å². The summed E-state index contributed by atoms with van der Waals surface area (Å²) in [7, 11) is 0. The highest BCUT2D eigenvalue weighted by atomic mass is 35.5. The second kappa shape index (κ2) is 11.3. The first kappa shape index (κ1) is 19.9. The van der Waals surface area contributed by atoms with Crippen molar-refractivity contribution in [1.82, 2.24) is 19.9 Å². The van der Waals surface area contributed by atoms with Gasteiger partial charge in [-0.15, -0.1) is 0 Å². The molecular weight excluding hydrogens is 364 g/mol. The van der Waals surface area contributed by atoms with E-state index in [1.807, 2.05) is 42.5 Å². The molecule has 0 aromatic carbocycles. The maximum Gasteiger partial charge on any atom is 0.274 e. The van der Waals surface area contributed by atoms with Crippen molar-refractivity contribution in [3.8, 4) is 0 Å². The number of halogens is 1. The van der Waals surface area contributed by atoms with Crippen LogP contribution in [-0.4, -0.2) is 37.5 Å². The number of hydrogen-bond donors (Lipinski definition) is 2. The molecule has 0 fully saturated rings. The Labute approximate surface area is 162 Å². The predicted molar refractivity (Wildman–Crippen MR) is 105 cm³/mol. The fraction of sp³-hybridized carbons (Fsp3) is 0.0500. The van der Waals surface area contributed by atoms with Crippen molar-refractivity contribution < 1.29 is 9.59 Å². The van der Waals surface area contributed by atoms with Gasteiger partial charge in [-0.1, -0.05) is 18.2 Å². The number of aromatic amines is 2. The summed E-state index contributed by atoms with van der Waals surface area (Å²) in [6.07, 6.45) is 14.4. The van der Waals surface area contributed by atoms with Gasteiger partial charge in [0, 0.05) is 37.5 Å². The summed E-state index contributed by atoms with van der Waals surface area (Å²) in [5, 5.41) is -0.449. The third kappa shape index (κ3) is 7.17. The molecule has 0 saturated heterocycles. The summed E-state index contributed by atoms with van der Waals surface area (Å²) in [5.41, 5.74) is 1.06. The zero-order valence-electron chi connectivity index (χ0n) is 14.5. The molecule has 0 bridgehead atoms. The van der Waals surface area contributed by atoms with Crippen molar-refractivity contribution in [3.63, 3.8) is 0 Å². The average molecular weight is 383 g/mol. The number of amides is 1. The molecule has 4 rings (SSSR count). The van der Waals surface area contributed by atoms with E-state index in [0.29, 0.717) is 17.9 Å². The normalized spacial score (nSPS) is 11.7. The summed E-state index contributed by atoms with van der Waals surface area (Å²) < 4.78 is 0. The van der Waals surface area contributed by atoms with Crippen LogP contribution in [0.3, 0.4) is 0 Å². The first-order chi connectivity index (χ1) is 13.2. The van der Waals surface area contributed by atoms with Crippen molar-refractivity contribution in [1.29, 1.82) is 0 Å². The smallest absolute Gasteiger partial charge is 0.274 e. The van der Waals surface area contributed by atoms with Crippen molar-refractivity contribution in [3.05, 3.63) is 103 Å². The van der Waals surface area contributed by atoms with E-state index in [9.17, 15) is 9.59 Å². The number of hydrogen-bond acceptors (Lipinski definition) is 3. The van der Waals surface area contributed by atoms with E-state index < -0.39 is 5.24 Å². The number of nitrogens with zero attached hydrogens (tertiary/aromatic N) is 2. The Morgan fingerprint density at radius 2 is 1.59 bits per heavy atom. The van der Waals surface area contributed by atoms with Crippen molar-refractivity contribution in [2.45, 2.75) is 0 Å². The number of rotatable bonds is 2. The number of pyridine rings is 1. The van der Waals surface area contributed by atoms with Gasteiger partial charge in [0.15, 0.2) is 0 Å². The molecule has 138 valence electrons. The number of allylic oxidation sites excluding steroid dienone is 2. The van der Waals surface area contributed by atoms with Crippen molar-refractivity contribution in [2.75, 3.05) is 6.54 Å². The molecule has 0 spiro atoms. The minimum Gasteiger partial charge on any atom is -0.358 e. The standard InChI is InChI=1S/C10H10N2O.C5H4ClNO.C5H5N/c13-10(9-5-4-6-11-9)12-7-2-1-3-8-12;6-5(8)4-2-1-3-7-4;1-2-4-6-5-3-1/h1-7,11H,8H2;1-3,7H;1-5H. The second-order valence-corrected chi connectivity index (χ2v) is 5.54. The maximum atomic E-state index is 11.7. The molecular formula is C20H19ClN4O2. The van der Waals surface area contributed by atoms with E-state index in [1.54, 1.807) is 54.1 Å². The van der Waals surface area contributed by atoms with Crippen LogP contribution in [-0.2, 0) is 0 Å². The molecule has 0 aliphatic carbocycles. The Morgan fingerprint density at radius 3 is 1.96 bits per heavy atom. The molecule has 1 aliphatic rings. The third-order valence-electron chi connectivity index (χ3n) is 3.28. The van der Waals surface area contributed by atoms with Gasteiger partial charge in [-0.05, 0) is 54.1 Å². The van der Waals surface area contributed by atoms with Gasteiger partial charge >= 0.3 is 0 Å². The molecule has 2 N–H and O–H groups in total. The first-order valence-corrected chi connectivity index (χ1v) is 8.52. The Bertz CT molecular complexity index is 830. The SMILES string of the molecule is O=C(Cl)c1ccc[nH]1.O=C(c1ccc[nH]1)N1C=CC=CC1.c1ccncc1. The summed E-state index contributed by atoms with van der Waals surface area (Å²) in [6.45, 7) is 0.647. The van der Waals surface area contributed by atoms with Gasteiger partial charge in [-0.2, -0.15) is 0 Å². The van der Waals surface area contributed by atoms with Gasteiger partial charge < -0.3 is 14.9 Å². The number of carbonyl (C=O) groups is 2. The van der Waals surface area contributed by atoms with Crippen LogP contribution in [0.25, 0.3) is 0 Å². The number of aromatic nitrogens is 3. The fourth-order valence-corrected chi connectivity index (χ4v) is 2.12. The lowest BCUT2D eigenvalue weighted by molar-refractivity contribution is 0.0828. The van der Waals surface area contributed by atoms with Crippen LogP contribution in [0, 0.1) is 0 Å². The molecule has 0 saturated carbocycles. The Hall–Kier alpha value is -3.38. The monoisotopic (exact) mass is 382 g/mol. The van der Waals surface area contributed by atoms with E-state index in [2.05, 4.69) is 15.0 Å². The quantitative estimate of drug-likeness (QED) is 0.657. The maximum absolute atomic E-state index is 11.7. The van der Waals surface area contributed by atoms with Crippen LogP contribution < -0.4 is 0 Å². The van der Waals surface area contributed by atoms with Gasteiger partial charge in [-0.3, -0.25) is 14.6 Å². The van der Waals surface area contributed by atoms with Crippen LogP contribution >= 0.6 is 11.6 Å². The largest absolute Gasteiger partial charge is 0.358 e. The highest BCUT2D eigenvalue weighted by molar-refractivity contribution is 6.67. The zero-order chi connectivity index (χ0) is 19.3. The van der Waals surface area contributed by atoms with E-state index >= 15 is 0 Å². The minimum atomic E-state index is -0.449. The fourth-order valence-electron chi connectivity index (χ4n) is 2.00. The van der Waals surface area contributed by atoms with Gasteiger partial charge in [-0.25, -0.2) is 0 Å². The lowest BCUT2D eigenvalue weighted by atomic mass is 10.3. The molecule has 0 unspecified atom stereocenters. The van der Waals surface area contributed by atoms with Gasteiger partial charge in [0.05, 0.1) is 5.69 Å². The molecule has 0 radical (unpaired) electrons. The Morgan fingerprint density at radius 1 is 0.926 bits per heavy atom. The van der Waals surface area contributed by atoms with Crippen LogP contribution in [0.5, 0.6) is 0 Å². The summed E-state index contributed by atoms with van der Waals surface area (Å²) >= 11 is 5.07. The third-order valence-corrected chi connectivity index (χ3v) is 3.48. The van der Waals surface area contributed by atoms with E-state index in [1.165, 1.54) is 0 Å². The lowest BCUT2D eigenvalue weighted by Crippen LogP contribution is -2.27. The number of carbonyl (C=O) groups excluding carboxylic acids is 2. The summed E-state index contributed by atoms with van der Waals surface area (Å²) in [6, 6.07) is 12.6. The zero-order valence-corrected chi connectivity index (χ0v) is 15.2. The van der Waals surface area contributed by atoms with Crippen molar-refractivity contribution >= 4 is 22.8 Å². The first-order valence-electron chi connectivity index (χ1n) is 8.14. The topological polar surface area (TPSA) is 81.8 Å². The Kier molecular flexibility index (Phi) is 8.33. The molecule has 0 atom stereocenters. The van der Waals surface area contributed by atoms with Gasteiger partial charge in [0.1, 0.15) is 5.69 Å². The molecule has 6 nitrogen and oxygen atoms in total. The molecule has 1 aliphatic heterocycles. The molecule has 27 heavy (non-hydrogen) atoms. The number of nitrogens with one attached hydrogen (secondary N) is 2. The van der Waals surface area contributed by atoms with E-state index in [4.69, 9.17) is 11.6 Å².